The molecule has 0 atom stereocenters. The molecular weight excluding hydrogens is 743 g/mol. The Balaban J connectivity index is 1.19. The average Bonchev–Trinajstić information content (AvgIpc) is 3.89. The smallest absolute Gasteiger partial charge is 0.164 e. The van der Waals surface area contributed by atoms with Crippen molar-refractivity contribution in [3.05, 3.63) is 198 Å². The molecule has 0 saturated heterocycles. The summed E-state index contributed by atoms with van der Waals surface area (Å²) in [6, 6.07) is 62.7. The quantitative estimate of drug-likeness (QED) is 0.174. The first-order valence-corrected chi connectivity index (χ1v) is 21.1. The number of benzene rings is 8. The van der Waals surface area contributed by atoms with Crippen LogP contribution >= 0.6 is 0 Å². The zero-order valence-corrected chi connectivity index (χ0v) is 34.5. The average molecular weight is 784 g/mol. The minimum atomic E-state index is -0.152. The minimum Gasteiger partial charge on any atom is -0.455 e. The molecule has 4 heteroatoms. The van der Waals surface area contributed by atoms with Crippen LogP contribution in [0.2, 0.25) is 0 Å². The first kappa shape index (κ1) is 35.5. The number of hydrogen-bond donors (Lipinski definition) is 0. The third kappa shape index (κ3) is 5.21. The van der Waals surface area contributed by atoms with Crippen LogP contribution < -0.4 is 0 Å². The van der Waals surface area contributed by atoms with Crippen LogP contribution in [-0.4, -0.2) is 15.0 Å². The number of rotatable bonds is 5. The summed E-state index contributed by atoms with van der Waals surface area (Å²) in [4.78, 5) is 15.4. The maximum absolute atomic E-state index is 7.13. The van der Waals surface area contributed by atoms with Gasteiger partial charge in [-0.25, -0.2) is 15.0 Å². The maximum atomic E-state index is 7.13. The highest BCUT2D eigenvalue weighted by atomic mass is 16.3. The Hall–Kier alpha value is -7.43. The molecule has 8 aromatic carbocycles. The van der Waals surface area contributed by atoms with Gasteiger partial charge in [0.15, 0.2) is 17.5 Å². The summed E-state index contributed by atoms with van der Waals surface area (Å²) < 4.78 is 7.13. The Bertz CT molecular complexity index is 3360. The van der Waals surface area contributed by atoms with Gasteiger partial charge in [-0.3, -0.25) is 0 Å². The van der Waals surface area contributed by atoms with Crippen molar-refractivity contribution in [1.29, 1.82) is 0 Å². The molecule has 2 heterocycles. The van der Waals surface area contributed by atoms with Gasteiger partial charge in [0.25, 0.3) is 0 Å². The number of aromatic nitrogens is 3. The molecular formula is C57H41N3O. The predicted molar refractivity (Wildman–Crippen MR) is 249 cm³/mol. The second-order valence-electron chi connectivity index (χ2n) is 17.5. The number of nitrogens with zero attached hydrogens (tertiary/aromatic N) is 3. The molecule has 2 aromatic heterocycles. The standard InChI is InChI=1S/C57H41N3O/c1-56(2)44-27-13-11-22-39(44)49-37(24-15-29-46(49)56)36-32-42(38-25-16-30-47-50(38)40-23-12-14-28-45(40)57(47,3)4)52-43(33-36)51-41(26-17-31-48(51)61-52)55-59-53(34-18-7-5-8-19-34)58-54(60-55)35-20-9-6-10-21-35/h5-33H,1-4H3. The number of fused-ring (bicyclic) bond motifs is 9. The Kier molecular flexibility index (Phi) is 7.59. The van der Waals surface area contributed by atoms with Crippen molar-refractivity contribution in [3.63, 3.8) is 0 Å². The summed E-state index contributed by atoms with van der Waals surface area (Å²) >= 11 is 0. The third-order valence-corrected chi connectivity index (χ3v) is 13.4. The van der Waals surface area contributed by atoms with Gasteiger partial charge in [-0.2, -0.15) is 0 Å². The van der Waals surface area contributed by atoms with Crippen LogP contribution in [-0.2, 0) is 10.8 Å². The topological polar surface area (TPSA) is 51.8 Å². The van der Waals surface area contributed by atoms with E-state index in [-0.39, 0.29) is 10.8 Å². The van der Waals surface area contributed by atoms with Crippen molar-refractivity contribution in [2.45, 2.75) is 38.5 Å². The van der Waals surface area contributed by atoms with Crippen LogP contribution in [0.15, 0.2) is 180 Å². The first-order chi connectivity index (χ1) is 29.8. The van der Waals surface area contributed by atoms with Crippen LogP contribution in [0.4, 0.5) is 0 Å². The van der Waals surface area contributed by atoms with Gasteiger partial charge in [-0.05, 0) is 79.4 Å². The van der Waals surface area contributed by atoms with E-state index in [2.05, 4.69) is 167 Å². The van der Waals surface area contributed by atoms with Crippen LogP contribution in [0.25, 0.3) is 101 Å². The highest BCUT2D eigenvalue weighted by Gasteiger charge is 2.39. The lowest BCUT2D eigenvalue weighted by molar-refractivity contribution is 0.660. The summed E-state index contributed by atoms with van der Waals surface area (Å²) in [5.41, 5.74) is 19.2. The molecule has 2 aliphatic carbocycles. The minimum absolute atomic E-state index is 0.133. The number of furan rings is 1. The van der Waals surface area contributed by atoms with E-state index in [0.717, 1.165) is 55.3 Å². The lowest BCUT2D eigenvalue weighted by Crippen LogP contribution is -2.14. The predicted octanol–water partition coefficient (Wildman–Crippen LogP) is 14.7. The Morgan fingerprint density at radius 3 is 1.43 bits per heavy atom. The highest BCUT2D eigenvalue weighted by molar-refractivity contribution is 6.17. The lowest BCUT2D eigenvalue weighted by Gasteiger charge is -2.22. The van der Waals surface area contributed by atoms with Crippen molar-refractivity contribution < 1.29 is 4.42 Å². The molecule has 10 aromatic rings. The molecule has 0 spiro atoms. The Labute approximate surface area is 355 Å². The maximum Gasteiger partial charge on any atom is 0.164 e. The lowest BCUT2D eigenvalue weighted by atomic mass is 9.81. The Morgan fingerprint density at radius 1 is 0.361 bits per heavy atom. The van der Waals surface area contributed by atoms with E-state index < -0.39 is 0 Å². The summed E-state index contributed by atoms with van der Waals surface area (Å²) in [6.45, 7) is 9.38. The second-order valence-corrected chi connectivity index (χ2v) is 17.5. The molecule has 12 rings (SSSR count). The van der Waals surface area contributed by atoms with Gasteiger partial charge >= 0.3 is 0 Å². The summed E-state index contributed by atoms with van der Waals surface area (Å²) in [7, 11) is 0. The van der Waals surface area contributed by atoms with E-state index in [1.54, 1.807) is 0 Å². The summed E-state index contributed by atoms with van der Waals surface area (Å²) in [5.74, 6) is 1.84. The monoisotopic (exact) mass is 783 g/mol. The normalized spacial score (nSPS) is 14.2. The fourth-order valence-electron chi connectivity index (χ4n) is 10.4. The van der Waals surface area contributed by atoms with Crippen LogP contribution in [0.3, 0.4) is 0 Å². The van der Waals surface area contributed by atoms with E-state index in [9.17, 15) is 0 Å². The largest absolute Gasteiger partial charge is 0.455 e. The fourth-order valence-corrected chi connectivity index (χ4v) is 10.4. The second kappa shape index (κ2) is 13.0. The van der Waals surface area contributed by atoms with Gasteiger partial charge in [0.1, 0.15) is 11.2 Å². The fraction of sp³-hybridized carbons (Fsp3) is 0.105. The molecule has 0 unspecified atom stereocenters. The molecule has 0 aliphatic heterocycles. The van der Waals surface area contributed by atoms with E-state index >= 15 is 0 Å². The molecule has 0 fully saturated rings. The SMILES string of the molecule is CC1(C)c2ccccc2-c2c(-c3cc(-c4cccc5c4-c4ccccc4C5(C)C)c4oc5cccc(-c6nc(-c7ccccc7)nc(-c7ccccc7)n6)c5c4c3)cccc21. The molecule has 0 amide bonds. The van der Waals surface area contributed by atoms with E-state index in [1.165, 1.54) is 50.1 Å². The van der Waals surface area contributed by atoms with Gasteiger partial charge < -0.3 is 4.42 Å². The van der Waals surface area contributed by atoms with Gasteiger partial charge in [0.05, 0.1) is 0 Å². The summed E-state index contributed by atoms with van der Waals surface area (Å²) in [6.07, 6.45) is 0. The van der Waals surface area contributed by atoms with Crippen LogP contribution in [0, 0.1) is 0 Å². The van der Waals surface area contributed by atoms with Crippen molar-refractivity contribution in [3.8, 4) is 78.7 Å². The van der Waals surface area contributed by atoms with Crippen LogP contribution in [0.1, 0.15) is 49.9 Å². The van der Waals surface area contributed by atoms with Crippen molar-refractivity contribution in [2.24, 2.45) is 0 Å². The van der Waals surface area contributed by atoms with Crippen LogP contribution in [0.5, 0.6) is 0 Å². The highest BCUT2D eigenvalue weighted by Crippen LogP contribution is 2.56. The van der Waals surface area contributed by atoms with Crippen molar-refractivity contribution >= 4 is 21.9 Å². The molecule has 0 N–H and O–H groups in total. The molecule has 2 aliphatic rings. The number of hydrogen-bond acceptors (Lipinski definition) is 4. The Morgan fingerprint density at radius 2 is 0.820 bits per heavy atom. The zero-order chi connectivity index (χ0) is 41.0. The van der Waals surface area contributed by atoms with Gasteiger partial charge in [0, 0.05) is 43.9 Å². The molecule has 0 radical (unpaired) electrons. The summed E-state index contributed by atoms with van der Waals surface area (Å²) in [5, 5.41) is 2.00. The molecule has 0 bridgehead atoms. The third-order valence-electron chi connectivity index (χ3n) is 13.4. The first-order valence-electron chi connectivity index (χ1n) is 21.1. The van der Waals surface area contributed by atoms with Crippen molar-refractivity contribution in [2.75, 3.05) is 0 Å². The molecule has 61 heavy (non-hydrogen) atoms. The van der Waals surface area contributed by atoms with E-state index in [1.807, 2.05) is 36.4 Å². The van der Waals surface area contributed by atoms with Crippen molar-refractivity contribution in [1.82, 2.24) is 15.0 Å². The van der Waals surface area contributed by atoms with Gasteiger partial charge in [-0.1, -0.05) is 185 Å². The van der Waals surface area contributed by atoms with E-state index in [0.29, 0.717) is 17.5 Å². The molecule has 0 saturated carbocycles. The molecule has 290 valence electrons. The van der Waals surface area contributed by atoms with E-state index in [4.69, 9.17) is 19.4 Å². The zero-order valence-electron chi connectivity index (χ0n) is 34.5. The molecule has 4 nitrogen and oxygen atoms in total. The van der Waals surface area contributed by atoms with Gasteiger partial charge in [0.2, 0.25) is 0 Å². The van der Waals surface area contributed by atoms with Gasteiger partial charge in [-0.15, -0.1) is 0 Å².